The number of hydrogen-bond donors (Lipinski definition) is 1. The molecule has 0 aromatic heterocycles. The van der Waals surface area contributed by atoms with E-state index in [0.29, 0.717) is 0 Å². The summed E-state index contributed by atoms with van der Waals surface area (Å²) in [6.45, 7) is 3.74. The normalized spacial score (nSPS) is 16.9. The SMILES string of the molecule is Cc1ccccc1NC(=O)N1CCCCN1C. The van der Waals surface area contributed by atoms with E-state index in [2.05, 4.69) is 5.32 Å². The number of hydrogen-bond acceptors (Lipinski definition) is 2. The van der Waals surface area contributed by atoms with Crippen LogP contribution in [0.3, 0.4) is 0 Å². The monoisotopic (exact) mass is 233 g/mol. The maximum Gasteiger partial charge on any atom is 0.336 e. The van der Waals surface area contributed by atoms with E-state index in [1.54, 1.807) is 5.01 Å². The van der Waals surface area contributed by atoms with Gasteiger partial charge >= 0.3 is 6.03 Å². The first-order chi connectivity index (χ1) is 8.18. The molecule has 1 aromatic rings. The van der Waals surface area contributed by atoms with Crippen molar-refractivity contribution < 1.29 is 4.79 Å². The van der Waals surface area contributed by atoms with Gasteiger partial charge in [0.15, 0.2) is 0 Å². The highest BCUT2D eigenvalue weighted by Crippen LogP contribution is 2.16. The second-order valence-corrected chi connectivity index (χ2v) is 4.46. The number of carbonyl (C=O) groups excluding carboxylic acids is 1. The topological polar surface area (TPSA) is 35.6 Å². The molecule has 0 saturated carbocycles. The molecule has 4 heteroatoms. The van der Waals surface area contributed by atoms with Gasteiger partial charge in [-0.15, -0.1) is 0 Å². The van der Waals surface area contributed by atoms with Gasteiger partial charge in [-0.25, -0.2) is 9.80 Å². The van der Waals surface area contributed by atoms with E-state index in [-0.39, 0.29) is 6.03 Å². The van der Waals surface area contributed by atoms with E-state index in [1.165, 1.54) is 0 Å². The predicted molar refractivity (Wildman–Crippen MR) is 68.8 cm³/mol. The molecule has 1 heterocycles. The first-order valence-electron chi connectivity index (χ1n) is 6.03. The third-order valence-electron chi connectivity index (χ3n) is 3.13. The van der Waals surface area contributed by atoms with Crippen LogP contribution in [0.15, 0.2) is 24.3 Å². The Balaban J connectivity index is 2.03. The number of carbonyl (C=O) groups is 1. The molecule has 0 bridgehead atoms. The van der Waals surface area contributed by atoms with E-state index in [1.807, 2.05) is 43.2 Å². The molecular formula is C13H19N3O. The number of hydrazine groups is 1. The van der Waals surface area contributed by atoms with Crippen molar-refractivity contribution in [3.63, 3.8) is 0 Å². The highest BCUT2D eigenvalue weighted by atomic mass is 16.2. The number of urea groups is 1. The molecule has 4 nitrogen and oxygen atoms in total. The van der Waals surface area contributed by atoms with Gasteiger partial charge in [-0.3, -0.25) is 5.01 Å². The standard InChI is InChI=1S/C13H19N3O/c1-11-7-3-4-8-12(11)14-13(17)16-10-6-5-9-15(16)2/h3-4,7-8H,5-6,9-10H2,1-2H3,(H,14,17). The molecule has 92 valence electrons. The summed E-state index contributed by atoms with van der Waals surface area (Å²) in [6.07, 6.45) is 2.23. The number of amides is 2. The Morgan fingerprint density at radius 3 is 2.65 bits per heavy atom. The van der Waals surface area contributed by atoms with Gasteiger partial charge in [0.1, 0.15) is 0 Å². The van der Waals surface area contributed by atoms with E-state index < -0.39 is 0 Å². The number of rotatable bonds is 1. The summed E-state index contributed by atoms with van der Waals surface area (Å²) in [7, 11) is 1.95. The molecule has 1 aromatic carbocycles. The van der Waals surface area contributed by atoms with Crippen LogP contribution in [0, 0.1) is 6.92 Å². The fraction of sp³-hybridized carbons (Fsp3) is 0.462. The highest BCUT2D eigenvalue weighted by molar-refractivity contribution is 5.89. The zero-order valence-electron chi connectivity index (χ0n) is 10.4. The summed E-state index contributed by atoms with van der Waals surface area (Å²) in [5.41, 5.74) is 1.97. The van der Waals surface area contributed by atoms with Crippen molar-refractivity contribution >= 4 is 11.7 Å². The molecule has 1 aliphatic heterocycles. The molecule has 0 atom stereocenters. The summed E-state index contributed by atoms with van der Waals surface area (Å²) < 4.78 is 0. The lowest BCUT2D eigenvalue weighted by Gasteiger charge is -2.35. The van der Waals surface area contributed by atoms with Crippen LogP contribution in [0.1, 0.15) is 18.4 Å². The van der Waals surface area contributed by atoms with Crippen LogP contribution in [-0.2, 0) is 0 Å². The lowest BCUT2D eigenvalue weighted by molar-refractivity contribution is 0.0191. The van der Waals surface area contributed by atoms with E-state index in [9.17, 15) is 4.79 Å². The minimum atomic E-state index is -0.0403. The number of nitrogens with one attached hydrogen (secondary N) is 1. The summed E-state index contributed by atoms with van der Waals surface area (Å²) in [5.74, 6) is 0. The maximum atomic E-state index is 12.1. The molecule has 2 amide bonds. The lowest BCUT2D eigenvalue weighted by Crippen LogP contribution is -2.49. The van der Waals surface area contributed by atoms with Gasteiger partial charge in [0.05, 0.1) is 0 Å². The fourth-order valence-corrected chi connectivity index (χ4v) is 2.04. The molecule has 1 aliphatic rings. The quantitative estimate of drug-likeness (QED) is 0.808. The van der Waals surface area contributed by atoms with Crippen LogP contribution < -0.4 is 5.32 Å². The van der Waals surface area contributed by atoms with Crippen molar-refractivity contribution in [1.82, 2.24) is 10.0 Å². The summed E-state index contributed by atoms with van der Waals surface area (Å²) in [4.78, 5) is 12.1. The van der Waals surface area contributed by atoms with E-state index >= 15 is 0 Å². The average molecular weight is 233 g/mol. The van der Waals surface area contributed by atoms with Crippen molar-refractivity contribution in [2.24, 2.45) is 0 Å². The van der Waals surface area contributed by atoms with E-state index in [4.69, 9.17) is 0 Å². The minimum Gasteiger partial charge on any atom is -0.306 e. The number of para-hydroxylation sites is 1. The van der Waals surface area contributed by atoms with Gasteiger partial charge in [0.2, 0.25) is 0 Å². The minimum absolute atomic E-state index is 0.0403. The molecule has 17 heavy (non-hydrogen) atoms. The van der Waals surface area contributed by atoms with E-state index in [0.717, 1.165) is 37.2 Å². The predicted octanol–water partition coefficient (Wildman–Crippen LogP) is 2.47. The third-order valence-corrected chi connectivity index (χ3v) is 3.13. The van der Waals surface area contributed by atoms with Crippen LogP contribution in [-0.4, -0.2) is 36.2 Å². The molecule has 1 N–H and O–H groups in total. The van der Waals surface area contributed by atoms with Crippen LogP contribution in [0.5, 0.6) is 0 Å². The zero-order chi connectivity index (χ0) is 12.3. The van der Waals surface area contributed by atoms with Gasteiger partial charge in [0.25, 0.3) is 0 Å². The van der Waals surface area contributed by atoms with Gasteiger partial charge < -0.3 is 5.32 Å². The van der Waals surface area contributed by atoms with Gasteiger partial charge in [-0.1, -0.05) is 18.2 Å². The Kier molecular flexibility index (Phi) is 3.64. The number of anilines is 1. The number of aryl methyl sites for hydroxylation is 1. The Morgan fingerprint density at radius 2 is 1.94 bits per heavy atom. The van der Waals surface area contributed by atoms with Crippen LogP contribution >= 0.6 is 0 Å². The maximum absolute atomic E-state index is 12.1. The van der Waals surface area contributed by atoms with Gasteiger partial charge in [-0.05, 0) is 31.4 Å². The molecule has 0 radical (unpaired) electrons. The first-order valence-corrected chi connectivity index (χ1v) is 6.03. The molecule has 0 spiro atoms. The summed E-state index contributed by atoms with van der Waals surface area (Å²) in [6, 6.07) is 7.79. The van der Waals surface area contributed by atoms with Crippen molar-refractivity contribution in [3.8, 4) is 0 Å². The van der Waals surface area contributed by atoms with Crippen molar-refractivity contribution in [2.75, 3.05) is 25.5 Å². The Hall–Kier alpha value is -1.55. The zero-order valence-corrected chi connectivity index (χ0v) is 10.4. The summed E-state index contributed by atoms with van der Waals surface area (Å²) in [5, 5.41) is 6.71. The fourth-order valence-electron chi connectivity index (χ4n) is 2.04. The molecule has 1 saturated heterocycles. The lowest BCUT2D eigenvalue weighted by atomic mass is 10.2. The Labute approximate surface area is 102 Å². The highest BCUT2D eigenvalue weighted by Gasteiger charge is 2.21. The van der Waals surface area contributed by atoms with Crippen LogP contribution in [0.4, 0.5) is 10.5 Å². The summed E-state index contributed by atoms with van der Waals surface area (Å²) >= 11 is 0. The molecule has 2 rings (SSSR count). The van der Waals surface area contributed by atoms with Gasteiger partial charge in [-0.2, -0.15) is 0 Å². The number of nitrogens with zero attached hydrogens (tertiary/aromatic N) is 2. The Morgan fingerprint density at radius 1 is 1.24 bits per heavy atom. The second kappa shape index (κ2) is 5.19. The molecular weight excluding hydrogens is 214 g/mol. The molecule has 1 fully saturated rings. The molecule has 0 unspecified atom stereocenters. The first kappa shape index (κ1) is 11.9. The van der Waals surface area contributed by atoms with Crippen molar-refractivity contribution in [2.45, 2.75) is 19.8 Å². The average Bonchev–Trinajstić information content (AvgIpc) is 2.32. The van der Waals surface area contributed by atoms with Crippen LogP contribution in [0.25, 0.3) is 0 Å². The second-order valence-electron chi connectivity index (χ2n) is 4.46. The largest absolute Gasteiger partial charge is 0.336 e. The third kappa shape index (κ3) is 2.77. The van der Waals surface area contributed by atoms with Crippen molar-refractivity contribution in [3.05, 3.63) is 29.8 Å². The van der Waals surface area contributed by atoms with Crippen LogP contribution in [0.2, 0.25) is 0 Å². The Bertz CT molecular complexity index is 405. The number of benzene rings is 1. The smallest absolute Gasteiger partial charge is 0.306 e. The van der Waals surface area contributed by atoms with Crippen molar-refractivity contribution in [1.29, 1.82) is 0 Å². The molecule has 0 aliphatic carbocycles. The van der Waals surface area contributed by atoms with Gasteiger partial charge in [0, 0.05) is 25.8 Å².